The first-order valence-corrected chi connectivity index (χ1v) is 7.26. The van der Waals surface area contributed by atoms with Gasteiger partial charge >= 0.3 is 11.9 Å². The Labute approximate surface area is 141 Å². The van der Waals surface area contributed by atoms with Crippen molar-refractivity contribution < 1.29 is 32.3 Å². The smallest absolute Gasteiger partial charge is 0.374 e. The van der Waals surface area contributed by atoms with Crippen LogP contribution in [0.15, 0.2) is 57.6 Å². The Bertz CT molecular complexity index is 890. The zero-order valence-electron chi connectivity index (χ0n) is 13.2. The van der Waals surface area contributed by atoms with Crippen LogP contribution in [0.4, 0.5) is 4.39 Å². The van der Waals surface area contributed by atoms with E-state index in [1.807, 2.05) is 0 Å². The largest absolute Gasteiger partial charge is 0.463 e. The number of hydrogen-bond acceptors (Lipinski definition) is 6. The fourth-order valence-corrected chi connectivity index (χ4v) is 2.15. The number of hydrogen-bond donors (Lipinski definition) is 0. The molecule has 1 aromatic carbocycles. The van der Waals surface area contributed by atoms with Crippen LogP contribution >= 0.6 is 0 Å². The van der Waals surface area contributed by atoms with Crippen LogP contribution in [0.3, 0.4) is 0 Å². The summed E-state index contributed by atoms with van der Waals surface area (Å²) in [7, 11) is 1.22. The Balaban J connectivity index is 1.67. The van der Waals surface area contributed by atoms with Crippen molar-refractivity contribution in [2.75, 3.05) is 7.11 Å². The average molecular weight is 344 g/mol. The molecule has 0 aliphatic carbocycles. The van der Waals surface area contributed by atoms with Gasteiger partial charge in [0.15, 0.2) is 0 Å². The highest BCUT2D eigenvalue weighted by Crippen LogP contribution is 2.23. The Hall–Kier alpha value is -3.35. The number of halogens is 1. The van der Waals surface area contributed by atoms with Gasteiger partial charge in [0.05, 0.1) is 13.4 Å². The zero-order valence-corrected chi connectivity index (χ0v) is 13.2. The summed E-state index contributed by atoms with van der Waals surface area (Å²) < 4.78 is 33.1. The molecule has 7 heteroatoms. The maximum Gasteiger partial charge on any atom is 0.374 e. The second-order valence-corrected chi connectivity index (χ2v) is 5.01. The van der Waals surface area contributed by atoms with Gasteiger partial charge in [-0.3, -0.25) is 0 Å². The molecule has 6 nitrogen and oxygen atoms in total. The summed E-state index contributed by atoms with van der Waals surface area (Å²) in [6.07, 6.45) is 1.30. The summed E-state index contributed by atoms with van der Waals surface area (Å²) >= 11 is 0. The summed E-state index contributed by atoms with van der Waals surface area (Å²) in [5.74, 6) is -1.36. The van der Waals surface area contributed by atoms with E-state index in [1.54, 1.807) is 6.07 Å². The van der Waals surface area contributed by atoms with Crippen molar-refractivity contribution in [2.45, 2.75) is 6.61 Å². The van der Waals surface area contributed by atoms with E-state index >= 15 is 0 Å². The minimum Gasteiger partial charge on any atom is -0.463 e. The number of esters is 2. The zero-order chi connectivity index (χ0) is 17.8. The summed E-state index contributed by atoms with van der Waals surface area (Å²) in [5.41, 5.74) is 1.01. The molecule has 0 unspecified atom stereocenters. The number of carbonyl (C=O) groups excluding carboxylic acids is 2. The first kappa shape index (κ1) is 16.5. The van der Waals surface area contributed by atoms with E-state index in [0.29, 0.717) is 16.9 Å². The van der Waals surface area contributed by atoms with E-state index < -0.39 is 11.9 Å². The normalized spacial score (nSPS) is 10.5. The highest BCUT2D eigenvalue weighted by molar-refractivity contribution is 5.89. The van der Waals surface area contributed by atoms with Crippen molar-refractivity contribution in [1.29, 1.82) is 0 Å². The molecule has 2 aromatic heterocycles. The molecule has 0 radical (unpaired) electrons. The molecule has 0 N–H and O–H groups in total. The van der Waals surface area contributed by atoms with Crippen LogP contribution < -0.4 is 0 Å². The van der Waals surface area contributed by atoms with Crippen molar-refractivity contribution in [2.24, 2.45) is 0 Å². The molecule has 0 atom stereocenters. The van der Waals surface area contributed by atoms with Crippen LogP contribution in [-0.4, -0.2) is 19.0 Å². The van der Waals surface area contributed by atoms with Gasteiger partial charge in [0.1, 0.15) is 18.2 Å². The average Bonchev–Trinajstić information content (AvgIpc) is 3.29. The van der Waals surface area contributed by atoms with Gasteiger partial charge in [0.2, 0.25) is 11.5 Å². The minimum absolute atomic E-state index is 0.0116. The standard InChI is InChI=1S/C18H13FO6/c1-22-18(21)16-12(8-9-23-16)10-24-17(20)15-7-6-14(25-15)11-2-4-13(19)5-3-11/h2-9H,10H2,1H3. The van der Waals surface area contributed by atoms with Gasteiger partial charge in [-0.1, -0.05) is 0 Å². The van der Waals surface area contributed by atoms with Gasteiger partial charge in [0, 0.05) is 11.1 Å². The van der Waals surface area contributed by atoms with Crippen molar-refractivity contribution in [3.05, 3.63) is 71.6 Å². The lowest BCUT2D eigenvalue weighted by Gasteiger charge is -2.03. The highest BCUT2D eigenvalue weighted by atomic mass is 19.1. The summed E-state index contributed by atoms with van der Waals surface area (Å²) in [6, 6.07) is 10.2. The van der Waals surface area contributed by atoms with E-state index in [-0.39, 0.29) is 23.9 Å². The van der Waals surface area contributed by atoms with Crippen LogP contribution in [0, 0.1) is 5.82 Å². The molecule has 3 rings (SSSR count). The molecule has 0 bridgehead atoms. The van der Waals surface area contributed by atoms with Crippen molar-refractivity contribution in [1.82, 2.24) is 0 Å². The number of carbonyl (C=O) groups is 2. The van der Waals surface area contributed by atoms with Gasteiger partial charge in [-0.05, 0) is 42.5 Å². The molecule has 0 spiro atoms. The van der Waals surface area contributed by atoms with Crippen molar-refractivity contribution in [3.8, 4) is 11.3 Å². The molecule has 0 aliphatic heterocycles. The fourth-order valence-electron chi connectivity index (χ4n) is 2.15. The van der Waals surface area contributed by atoms with Crippen LogP contribution in [0.1, 0.15) is 26.7 Å². The second kappa shape index (κ2) is 7.04. The van der Waals surface area contributed by atoms with Gasteiger partial charge in [0.25, 0.3) is 0 Å². The lowest BCUT2D eigenvalue weighted by atomic mass is 10.2. The van der Waals surface area contributed by atoms with Gasteiger partial charge < -0.3 is 18.3 Å². The highest BCUT2D eigenvalue weighted by Gasteiger charge is 2.19. The predicted molar refractivity (Wildman–Crippen MR) is 83.3 cm³/mol. The maximum absolute atomic E-state index is 12.9. The number of benzene rings is 1. The van der Waals surface area contributed by atoms with E-state index in [0.717, 1.165) is 0 Å². The molecular weight excluding hydrogens is 331 g/mol. The fraction of sp³-hybridized carbons (Fsp3) is 0.111. The van der Waals surface area contributed by atoms with Crippen LogP contribution in [0.5, 0.6) is 0 Å². The van der Waals surface area contributed by atoms with E-state index in [2.05, 4.69) is 4.74 Å². The minimum atomic E-state index is -0.703. The maximum atomic E-state index is 12.9. The lowest BCUT2D eigenvalue weighted by Crippen LogP contribution is -2.07. The molecular formula is C18H13FO6. The monoisotopic (exact) mass is 344 g/mol. The van der Waals surface area contributed by atoms with Crippen molar-refractivity contribution >= 4 is 11.9 Å². The Morgan fingerprint density at radius 2 is 1.80 bits per heavy atom. The molecule has 25 heavy (non-hydrogen) atoms. The Morgan fingerprint density at radius 3 is 2.52 bits per heavy atom. The van der Waals surface area contributed by atoms with Gasteiger partial charge in [-0.25, -0.2) is 14.0 Å². The predicted octanol–water partition coefficient (Wildman–Crippen LogP) is 3.82. The third-order valence-corrected chi connectivity index (χ3v) is 3.41. The molecule has 0 fully saturated rings. The van der Waals surface area contributed by atoms with Gasteiger partial charge in [-0.2, -0.15) is 0 Å². The molecule has 0 saturated carbocycles. The summed E-state index contributed by atoms with van der Waals surface area (Å²) in [5, 5.41) is 0. The molecule has 0 aliphatic rings. The first-order valence-electron chi connectivity index (χ1n) is 7.26. The summed E-state index contributed by atoms with van der Waals surface area (Å²) in [4.78, 5) is 23.6. The molecule has 128 valence electrons. The van der Waals surface area contributed by atoms with E-state index in [4.69, 9.17) is 13.6 Å². The number of ether oxygens (including phenoxy) is 2. The van der Waals surface area contributed by atoms with Crippen LogP contribution in [-0.2, 0) is 16.1 Å². The Kier molecular flexibility index (Phi) is 4.65. The third-order valence-electron chi connectivity index (χ3n) is 3.41. The molecule has 3 aromatic rings. The molecule has 2 heterocycles. The third kappa shape index (κ3) is 3.60. The first-order chi connectivity index (χ1) is 12.1. The molecule has 0 amide bonds. The topological polar surface area (TPSA) is 78.9 Å². The number of rotatable bonds is 5. The SMILES string of the molecule is COC(=O)c1occc1COC(=O)c1ccc(-c2ccc(F)cc2)o1. The number of methoxy groups -OCH3 is 1. The lowest BCUT2D eigenvalue weighted by molar-refractivity contribution is 0.0422. The van der Waals surface area contributed by atoms with E-state index in [9.17, 15) is 14.0 Å². The van der Waals surface area contributed by atoms with E-state index in [1.165, 1.54) is 49.8 Å². The van der Waals surface area contributed by atoms with Gasteiger partial charge in [-0.15, -0.1) is 0 Å². The summed E-state index contributed by atoms with van der Waals surface area (Å²) in [6.45, 7) is -0.174. The van der Waals surface area contributed by atoms with Crippen LogP contribution in [0.25, 0.3) is 11.3 Å². The molecule has 0 saturated heterocycles. The second-order valence-electron chi connectivity index (χ2n) is 5.01. The quantitative estimate of drug-likeness (QED) is 0.655. The van der Waals surface area contributed by atoms with Crippen LogP contribution in [0.2, 0.25) is 0 Å². The Morgan fingerprint density at radius 1 is 1.04 bits per heavy atom. The number of furan rings is 2. The van der Waals surface area contributed by atoms with Crippen molar-refractivity contribution in [3.63, 3.8) is 0 Å².